The largest absolute Gasteiger partial charge is 1.00 e. The third-order valence-corrected chi connectivity index (χ3v) is 3.19. The third kappa shape index (κ3) is 8.79. The summed E-state index contributed by atoms with van der Waals surface area (Å²) >= 11 is 0. The van der Waals surface area contributed by atoms with Crippen LogP contribution in [0.2, 0.25) is 0 Å². The topological polar surface area (TPSA) is 77.4 Å². The molecular formula is C8H17KO4S. The number of aliphatic hydroxyl groups is 1. The number of hydrogen-bond donors (Lipinski definition) is 1. The van der Waals surface area contributed by atoms with Gasteiger partial charge < -0.3 is 9.66 Å². The van der Waals surface area contributed by atoms with Crippen molar-refractivity contribution in [2.45, 2.75) is 44.3 Å². The first-order chi connectivity index (χ1) is 6.02. The molecule has 0 spiro atoms. The van der Waals surface area contributed by atoms with Crippen LogP contribution >= 0.6 is 0 Å². The second kappa shape index (κ2) is 9.71. The molecule has 1 N–H and O–H groups in total. The van der Waals surface area contributed by atoms with E-state index >= 15 is 0 Å². The van der Waals surface area contributed by atoms with Gasteiger partial charge in [-0.3, -0.25) is 0 Å². The number of rotatable bonds is 7. The smallest absolute Gasteiger partial charge is 0.748 e. The Bertz CT molecular complexity index is 215. The van der Waals surface area contributed by atoms with E-state index in [2.05, 4.69) is 0 Å². The van der Waals surface area contributed by atoms with Gasteiger partial charge in [-0.15, -0.1) is 0 Å². The molecule has 0 bridgehead atoms. The van der Waals surface area contributed by atoms with Crippen LogP contribution in [0.15, 0.2) is 0 Å². The second-order valence-corrected chi connectivity index (χ2v) is 4.80. The van der Waals surface area contributed by atoms with E-state index in [0.29, 0.717) is 6.42 Å². The van der Waals surface area contributed by atoms with E-state index in [1.165, 1.54) is 0 Å². The van der Waals surface area contributed by atoms with Gasteiger partial charge >= 0.3 is 51.4 Å². The van der Waals surface area contributed by atoms with Crippen LogP contribution in [0, 0.1) is 0 Å². The molecule has 1 unspecified atom stereocenters. The van der Waals surface area contributed by atoms with Crippen molar-refractivity contribution in [2.24, 2.45) is 0 Å². The first kappa shape index (κ1) is 17.9. The molecule has 0 aliphatic carbocycles. The van der Waals surface area contributed by atoms with E-state index in [4.69, 9.17) is 5.11 Å². The second-order valence-electron chi connectivity index (χ2n) is 3.15. The summed E-state index contributed by atoms with van der Waals surface area (Å²) in [6.45, 7) is 1.49. The van der Waals surface area contributed by atoms with Gasteiger partial charge in [-0.25, -0.2) is 8.42 Å². The SMILES string of the molecule is CCCCCCC(CO)S(=O)(=O)[O-].[K+]. The maximum absolute atomic E-state index is 10.5. The van der Waals surface area contributed by atoms with Crippen molar-refractivity contribution in [3.8, 4) is 0 Å². The Labute approximate surface area is 129 Å². The summed E-state index contributed by atoms with van der Waals surface area (Å²) in [4.78, 5) is 0. The molecule has 0 fully saturated rings. The van der Waals surface area contributed by atoms with Crippen LogP contribution in [-0.4, -0.2) is 29.9 Å². The molecule has 0 radical (unpaired) electrons. The molecule has 4 nitrogen and oxygen atoms in total. The molecule has 0 rings (SSSR count). The maximum Gasteiger partial charge on any atom is 1.00 e. The summed E-state index contributed by atoms with van der Waals surface area (Å²) in [7, 11) is -4.30. The van der Waals surface area contributed by atoms with E-state index < -0.39 is 22.0 Å². The maximum atomic E-state index is 10.5. The van der Waals surface area contributed by atoms with Gasteiger partial charge in [-0.1, -0.05) is 32.6 Å². The fourth-order valence-electron chi connectivity index (χ4n) is 1.13. The predicted octanol–water partition coefficient (Wildman–Crippen LogP) is -2.13. The molecule has 0 saturated carbocycles. The van der Waals surface area contributed by atoms with Crippen molar-refractivity contribution < 1.29 is 69.5 Å². The monoisotopic (exact) mass is 248 g/mol. The van der Waals surface area contributed by atoms with Gasteiger partial charge in [-0.05, 0) is 6.42 Å². The number of unbranched alkanes of at least 4 members (excludes halogenated alkanes) is 3. The summed E-state index contributed by atoms with van der Waals surface area (Å²) < 4.78 is 31.5. The van der Waals surface area contributed by atoms with E-state index in [-0.39, 0.29) is 57.8 Å². The van der Waals surface area contributed by atoms with Crippen molar-refractivity contribution >= 4 is 10.1 Å². The minimum atomic E-state index is -4.30. The molecule has 0 heterocycles. The molecule has 0 aromatic rings. The van der Waals surface area contributed by atoms with E-state index in [0.717, 1.165) is 19.3 Å². The molecule has 80 valence electrons. The Hall–Kier alpha value is 1.51. The van der Waals surface area contributed by atoms with Gasteiger partial charge in [0, 0.05) is 0 Å². The van der Waals surface area contributed by atoms with E-state index in [9.17, 15) is 13.0 Å². The first-order valence-corrected chi connectivity index (χ1v) is 6.05. The van der Waals surface area contributed by atoms with Gasteiger partial charge in [0.1, 0.15) is 0 Å². The molecule has 6 heteroatoms. The zero-order valence-electron chi connectivity index (χ0n) is 8.90. The van der Waals surface area contributed by atoms with Gasteiger partial charge in [0.2, 0.25) is 0 Å². The van der Waals surface area contributed by atoms with Crippen LogP contribution in [0.5, 0.6) is 0 Å². The molecule has 14 heavy (non-hydrogen) atoms. The van der Waals surface area contributed by atoms with Gasteiger partial charge in [0.05, 0.1) is 22.0 Å². The average Bonchev–Trinajstić information content (AvgIpc) is 2.02. The molecule has 0 amide bonds. The van der Waals surface area contributed by atoms with Crippen LogP contribution in [0.4, 0.5) is 0 Å². The molecule has 0 aliphatic heterocycles. The minimum absolute atomic E-state index is 0. The Morgan fingerprint density at radius 2 is 1.86 bits per heavy atom. The van der Waals surface area contributed by atoms with Crippen LogP contribution in [0.1, 0.15) is 39.0 Å². The predicted molar refractivity (Wildman–Crippen MR) is 49.3 cm³/mol. The van der Waals surface area contributed by atoms with Crippen LogP contribution in [-0.2, 0) is 10.1 Å². The molecule has 0 aliphatic rings. The van der Waals surface area contributed by atoms with E-state index in [1.54, 1.807) is 0 Å². The molecule has 0 aromatic carbocycles. The Kier molecular flexibility index (Phi) is 12.4. The molecule has 0 saturated heterocycles. The molecular weight excluding hydrogens is 231 g/mol. The zero-order chi connectivity index (χ0) is 10.3. The van der Waals surface area contributed by atoms with Crippen molar-refractivity contribution in [1.29, 1.82) is 0 Å². The Morgan fingerprint density at radius 1 is 1.29 bits per heavy atom. The molecule has 0 aromatic heterocycles. The summed E-state index contributed by atoms with van der Waals surface area (Å²) in [5, 5.41) is 7.53. The van der Waals surface area contributed by atoms with Gasteiger partial charge in [0.15, 0.2) is 0 Å². The summed E-state index contributed by atoms with van der Waals surface area (Å²) in [5.74, 6) is 0. The average molecular weight is 248 g/mol. The van der Waals surface area contributed by atoms with Crippen LogP contribution in [0.3, 0.4) is 0 Å². The van der Waals surface area contributed by atoms with Crippen molar-refractivity contribution in [3.05, 3.63) is 0 Å². The Balaban J connectivity index is 0. The van der Waals surface area contributed by atoms with Crippen LogP contribution in [0.25, 0.3) is 0 Å². The van der Waals surface area contributed by atoms with Gasteiger partial charge in [-0.2, -0.15) is 0 Å². The van der Waals surface area contributed by atoms with Crippen molar-refractivity contribution in [1.82, 2.24) is 0 Å². The Morgan fingerprint density at radius 3 is 2.21 bits per heavy atom. The number of aliphatic hydroxyl groups excluding tert-OH is 1. The number of hydrogen-bond acceptors (Lipinski definition) is 4. The fraction of sp³-hybridized carbons (Fsp3) is 1.00. The van der Waals surface area contributed by atoms with Gasteiger partial charge in [0.25, 0.3) is 0 Å². The third-order valence-electron chi connectivity index (χ3n) is 1.99. The molecule has 1 atom stereocenters. The minimum Gasteiger partial charge on any atom is -0.748 e. The van der Waals surface area contributed by atoms with Crippen molar-refractivity contribution in [3.63, 3.8) is 0 Å². The summed E-state index contributed by atoms with van der Waals surface area (Å²) in [5.41, 5.74) is 0. The van der Waals surface area contributed by atoms with Crippen LogP contribution < -0.4 is 51.4 Å². The normalized spacial score (nSPS) is 13.4. The first-order valence-electron chi connectivity index (χ1n) is 4.58. The quantitative estimate of drug-likeness (QED) is 0.317. The van der Waals surface area contributed by atoms with Crippen molar-refractivity contribution in [2.75, 3.05) is 6.61 Å². The standard InChI is InChI=1S/C8H18O4S.K/c1-2-3-4-5-6-8(7-9)13(10,11)12;/h8-9H,2-7H2,1H3,(H,10,11,12);/q;+1/p-1. The zero-order valence-corrected chi connectivity index (χ0v) is 12.8. The fourth-order valence-corrected chi connectivity index (χ4v) is 1.76. The summed E-state index contributed by atoms with van der Waals surface area (Å²) in [6.07, 6.45) is 4.00. The summed E-state index contributed by atoms with van der Waals surface area (Å²) in [6, 6.07) is 0. The van der Waals surface area contributed by atoms with E-state index in [1.807, 2.05) is 6.92 Å².